The maximum atomic E-state index is 12.1. The van der Waals surface area contributed by atoms with Crippen molar-refractivity contribution in [2.45, 2.75) is 24.2 Å². The first-order chi connectivity index (χ1) is 11.9. The average molecular weight is 365 g/mol. The van der Waals surface area contributed by atoms with E-state index in [-0.39, 0.29) is 23.8 Å². The SMILES string of the molecule is O=C(O)C1CCN(C(=O)CCCN=C2NS(=O)(=O)c3ccccc32)C1. The third kappa shape index (κ3) is 3.65. The number of likely N-dealkylation sites (tertiary alicyclic amines) is 1. The molecule has 1 aromatic carbocycles. The number of benzene rings is 1. The number of sulfonamides is 1. The molecule has 1 unspecified atom stereocenters. The summed E-state index contributed by atoms with van der Waals surface area (Å²) in [5, 5.41) is 8.96. The van der Waals surface area contributed by atoms with Gasteiger partial charge in [-0.15, -0.1) is 0 Å². The molecule has 8 nitrogen and oxygen atoms in total. The molecule has 9 heteroatoms. The average Bonchev–Trinajstić information content (AvgIpc) is 3.16. The molecule has 0 aromatic heterocycles. The summed E-state index contributed by atoms with van der Waals surface area (Å²) in [5.74, 6) is -1.13. The number of amides is 1. The molecular formula is C16H19N3O5S. The Hall–Kier alpha value is -2.42. The van der Waals surface area contributed by atoms with E-state index in [0.717, 1.165) is 0 Å². The third-order valence-electron chi connectivity index (χ3n) is 4.37. The summed E-state index contributed by atoms with van der Waals surface area (Å²) in [5.41, 5.74) is 0.540. The van der Waals surface area contributed by atoms with Gasteiger partial charge in [-0.25, -0.2) is 8.42 Å². The van der Waals surface area contributed by atoms with Gasteiger partial charge in [0.25, 0.3) is 10.0 Å². The summed E-state index contributed by atoms with van der Waals surface area (Å²) in [6.45, 7) is 1.04. The molecule has 3 rings (SSSR count). The van der Waals surface area contributed by atoms with Crippen LogP contribution in [0.2, 0.25) is 0 Å². The first-order valence-corrected chi connectivity index (χ1v) is 9.54. The molecule has 0 radical (unpaired) electrons. The summed E-state index contributed by atoms with van der Waals surface area (Å²) < 4.78 is 26.3. The molecule has 25 heavy (non-hydrogen) atoms. The second kappa shape index (κ2) is 6.83. The first kappa shape index (κ1) is 17.4. The Morgan fingerprint density at radius 1 is 1.32 bits per heavy atom. The summed E-state index contributed by atoms with van der Waals surface area (Å²) in [7, 11) is -3.55. The van der Waals surface area contributed by atoms with Crippen molar-refractivity contribution in [3.8, 4) is 0 Å². The minimum Gasteiger partial charge on any atom is -0.481 e. The van der Waals surface area contributed by atoms with Crippen LogP contribution in [-0.4, -0.2) is 55.8 Å². The smallest absolute Gasteiger partial charge is 0.308 e. The molecule has 1 amide bonds. The van der Waals surface area contributed by atoms with Gasteiger partial charge in [0.05, 0.1) is 10.8 Å². The number of carbonyl (C=O) groups is 2. The zero-order chi connectivity index (χ0) is 18.0. The number of carbonyl (C=O) groups excluding carboxylic acids is 1. The summed E-state index contributed by atoms with van der Waals surface area (Å²) >= 11 is 0. The van der Waals surface area contributed by atoms with E-state index in [2.05, 4.69) is 9.71 Å². The molecule has 2 heterocycles. The van der Waals surface area contributed by atoms with Crippen LogP contribution in [-0.2, 0) is 19.6 Å². The van der Waals surface area contributed by atoms with Crippen molar-refractivity contribution >= 4 is 27.7 Å². The minimum atomic E-state index is -3.55. The molecule has 134 valence electrons. The maximum absolute atomic E-state index is 12.1. The summed E-state index contributed by atoms with van der Waals surface area (Å²) in [4.78, 5) is 29.0. The number of hydrogen-bond acceptors (Lipinski definition) is 5. The molecule has 1 atom stereocenters. The quantitative estimate of drug-likeness (QED) is 0.735. The predicted octanol–water partition coefficient (Wildman–Crippen LogP) is 0.438. The lowest BCUT2D eigenvalue weighted by Gasteiger charge is -2.15. The molecule has 2 aliphatic heterocycles. The lowest BCUT2D eigenvalue weighted by molar-refractivity contribution is -0.141. The molecule has 1 fully saturated rings. The van der Waals surface area contributed by atoms with E-state index in [9.17, 15) is 18.0 Å². The predicted molar refractivity (Wildman–Crippen MR) is 89.7 cm³/mol. The number of carboxylic acids is 1. The Bertz CT molecular complexity index is 834. The van der Waals surface area contributed by atoms with Crippen molar-refractivity contribution in [1.29, 1.82) is 0 Å². The zero-order valence-electron chi connectivity index (χ0n) is 13.5. The number of nitrogens with zero attached hydrogens (tertiary/aromatic N) is 2. The first-order valence-electron chi connectivity index (χ1n) is 8.06. The van der Waals surface area contributed by atoms with E-state index in [1.165, 1.54) is 6.07 Å². The van der Waals surface area contributed by atoms with Crippen molar-refractivity contribution in [1.82, 2.24) is 9.62 Å². The minimum absolute atomic E-state index is 0.0867. The molecule has 2 N–H and O–H groups in total. The largest absolute Gasteiger partial charge is 0.481 e. The van der Waals surface area contributed by atoms with Gasteiger partial charge in [0.15, 0.2) is 0 Å². The van der Waals surface area contributed by atoms with Gasteiger partial charge in [0, 0.05) is 31.6 Å². The Kier molecular flexibility index (Phi) is 4.76. The zero-order valence-corrected chi connectivity index (χ0v) is 14.3. The highest BCUT2D eigenvalue weighted by Crippen LogP contribution is 2.22. The fraction of sp³-hybridized carbons (Fsp3) is 0.438. The molecule has 0 saturated carbocycles. The Balaban J connectivity index is 1.53. The highest BCUT2D eigenvalue weighted by Gasteiger charge is 2.31. The van der Waals surface area contributed by atoms with Gasteiger partial charge >= 0.3 is 5.97 Å². The second-order valence-electron chi connectivity index (χ2n) is 6.10. The van der Waals surface area contributed by atoms with Crippen molar-refractivity contribution in [3.05, 3.63) is 29.8 Å². The molecular weight excluding hydrogens is 346 g/mol. The highest BCUT2D eigenvalue weighted by molar-refractivity contribution is 7.90. The van der Waals surface area contributed by atoms with Crippen LogP contribution in [0, 0.1) is 5.92 Å². The lowest BCUT2D eigenvalue weighted by atomic mass is 10.1. The number of rotatable bonds is 5. The van der Waals surface area contributed by atoms with Crippen molar-refractivity contribution in [3.63, 3.8) is 0 Å². The Labute approximate surface area is 145 Å². The van der Waals surface area contributed by atoms with E-state index in [1.807, 2.05) is 0 Å². The fourth-order valence-electron chi connectivity index (χ4n) is 3.02. The van der Waals surface area contributed by atoms with Gasteiger partial charge in [-0.05, 0) is 25.0 Å². The van der Waals surface area contributed by atoms with Crippen LogP contribution in [0.5, 0.6) is 0 Å². The maximum Gasteiger partial charge on any atom is 0.308 e. The van der Waals surface area contributed by atoms with Crippen LogP contribution in [0.3, 0.4) is 0 Å². The van der Waals surface area contributed by atoms with Gasteiger partial charge in [-0.2, -0.15) is 0 Å². The van der Waals surface area contributed by atoms with Gasteiger partial charge in [-0.1, -0.05) is 12.1 Å². The van der Waals surface area contributed by atoms with E-state index in [4.69, 9.17) is 5.11 Å². The van der Waals surface area contributed by atoms with E-state index in [1.54, 1.807) is 23.1 Å². The number of nitrogens with one attached hydrogen (secondary N) is 1. The van der Waals surface area contributed by atoms with Crippen LogP contribution >= 0.6 is 0 Å². The Morgan fingerprint density at radius 2 is 2.08 bits per heavy atom. The fourth-order valence-corrected chi connectivity index (χ4v) is 4.27. The lowest BCUT2D eigenvalue weighted by Crippen LogP contribution is -2.29. The normalized spacial score (nSPS) is 22.6. The third-order valence-corrected chi connectivity index (χ3v) is 5.77. The topological polar surface area (TPSA) is 116 Å². The van der Waals surface area contributed by atoms with Crippen molar-refractivity contribution in [2.24, 2.45) is 10.9 Å². The highest BCUT2D eigenvalue weighted by atomic mass is 32.2. The van der Waals surface area contributed by atoms with Crippen LogP contribution < -0.4 is 4.72 Å². The van der Waals surface area contributed by atoms with Crippen LogP contribution in [0.15, 0.2) is 34.2 Å². The number of hydrogen-bond donors (Lipinski definition) is 2. The van der Waals surface area contributed by atoms with Gasteiger partial charge in [0.1, 0.15) is 5.84 Å². The molecule has 1 saturated heterocycles. The van der Waals surface area contributed by atoms with Crippen LogP contribution in [0.1, 0.15) is 24.8 Å². The van der Waals surface area contributed by atoms with E-state index in [0.29, 0.717) is 37.3 Å². The van der Waals surface area contributed by atoms with Gasteiger partial charge in [-0.3, -0.25) is 19.3 Å². The van der Waals surface area contributed by atoms with E-state index < -0.39 is 21.9 Å². The molecule has 0 spiro atoms. The summed E-state index contributed by atoms with van der Waals surface area (Å²) in [6.07, 6.45) is 1.22. The van der Waals surface area contributed by atoms with Gasteiger partial charge < -0.3 is 10.0 Å². The van der Waals surface area contributed by atoms with Crippen LogP contribution in [0.25, 0.3) is 0 Å². The monoisotopic (exact) mass is 365 g/mol. The number of fused-ring (bicyclic) bond motifs is 1. The van der Waals surface area contributed by atoms with Crippen molar-refractivity contribution in [2.75, 3.05) is 19.6 Å². The second-order valence-corrected chi connectivity index (χ2v) is 7.75. The number of amidine groups is 1. The van der Waals surface area contributed by atoms with Gasteiger partial charge in [0.2, 0.25) is 5.91 Å². The molecule has 0 aliphatic carbocycles. The number of aliphatic carboxylic acids is 1. The molecule has 1 aromatic rings. The van der Waals surface area contributed by atoms with Crippen molar-refractivity contribution < 1.29 is 23.1 Å². The molecule has 0 bridgehead atoms. The molecule has 2 aliphatic rings. The standard InChI is InChI=1S/C16H19N3O5S/c20-14(19-9-7-11(10-19)16(21)22)6-3-8-17-15-12-4-1-2-5-13(12)25(23,24)18-15/h1-2,4-5,11H,3,6-10H2,(H,17,18)(H,21,22). The number of carboxylic acid groups (broad SMARTS) is 1. The van der Waals surface area contributed by atoms with Crippen LogP contribution in [0.4, 0.5) is 0 Å². The van der Waals surface area contributed by atoms with E-state index >= 15 is 0 Å². The Morgan fingerprint density at radius 3 is 2.80 bits per heavy atom. The number of aliphatic imine (C=N–C) groups is 1. The summed E-state index contributed by atoms with van der Waals surface area (Å²) in [6, 6.07) is 6.61.